The Morgan fingerprint density at radius 2 is 2.29 bits per heavy atom. The number of aromatic nitrogens is 2. The highest BCUT2D eigenvalue weighted by molar-refractivity contribution is 5.92. The highest BCUT2D eigenvalue weighted by Crippen LogP contribution is 2.19. The van der Waals surface area contributed by atoms with Crippen LogP contribution in [0.3, 0.4) is 0 Å². The van der Waals surface area contributed by atoms with Gasteiger partial charge in [-0.1, -0.05) is 13.8 Å². The van der Waals surface area contributed by atoms with Gasteiger partial charge in [-0.15, -0.1) is 0 Å². The molecule has 1 aromatic heterocycles. The second kappa shape index (κ2) is 5.12. The second-order valence-electron chi connectivity index (χ2n) is 4.79. The van der Waals surface area contributed by atoms with Gasteiger partial charge in [0, 0.05) is 18.8 Å². The summed E-state index contributed by atoms with van der Waals surface area (Å²) in [4.78, 5) is 20.0. The third-order valence-electron chi connectivity index (χ3n) is 2.47. The minimum absolute atomic E-state index is 0.109. The fourth-order valence-electron chi connectivity index (χ4n) is 1.35. The Labute approximate surface area is 101 Å². The smallest absolute Gasteiger partial charge is 0.270 e. The van der Waals surface area contributed by atoms with E-state index < -0.39 is 0 Å². The summed E-state index contributed by atoms with van der Waals surface area (Å²) in [5, 5.41) is 6.01. The standard InChI is InChI=1S/C12H18N4O/c1-8(2)7-14-12-13-6-5-10(16-12)11(17)15-9-3-4-9/h5-6,8-9H,3-4,7H2,1-2H3,(H,15,17)(H,13,14,16). The molecular formula is C12H18N4O. The van der Waals surface area contributed by atoms with Gasteiger partial charge in [-0.25, -0.2) is 9.97 Å². The minimum Gasteiger partial charge on any atom is -0.354 e. The molecule has 5 heteroatoms. The molecule has 1 aromatic rings. The van der Waals surface area contributed by atoms with Crippen molar-refractivity contribution in [2.75, 3.05) is 11.9 Å². The summed E-state index contributed by atoms with van der Waals surface area (Å²) in [7, 11) is 0. The van der Waals surface area contributed by atoms with Crippen LogP contribution in [0.2, 0.25) is 0 Å². The topological polar surface area (TPSA) is 66.9 Å². The lowest BCUT2D eigenvalue weighted by Gasteiger charge is -2.08. The Balaban J connectivity index is 1.97. The molecule has 2 N–H and O–H groups in total. The Kier molecular flexibility index (Phi) is 3.56. The van der Waals surface area contributed by atoms with Crippen LogP contribution >= 0.6 is 0 Å². The van der Waals surface area contributed by atoms with Crippen LogP contribution in [0.5, 0.6) is 0 Å². The lowest BCUT2D eigenvalue weighted by molar-refractivity contribution is 0.0946. The van der Waals surface area contributed by atoms with Gasteiger partial charge in [0.2, 0.25) is 5.95 Å². The van der Waals surface area contributed by atoms with Crippen LogP contribution in [-0.4, -0.2) is 28.5 Å². The van der Waals surface area contributed by atoms with Crippen molar-refractivity contribution in [2.45, 2.75) is 32.7 Å². The van der Waals surface area contributed by atoms with Crippen molar-refractivity contribution in [1.82, 2.24) is 15.3 Å². The number of anilines is 1. The van der Waals surface area contributed by atoms with Gasteiger partial charge >= 0.3 is 0 Å². The molecule has 0 atom stereocenters. The lowest BCUT2D eigenvalue weighted by atomic mass is 10.2. The summed E-state index contributed by atoms with van der Waals surface area (Å²) < 4.78 is 0. The molecule has 0 aromatic carbocycles. The number of hydrogen-bond acceptors (Lipinski definition) is 4. The molecule has 1 aliphatic carbocycles. The Bertz CT molecular complexity index is 401. The molecule has 1 fully saturated rings. The van der Waals surface area contributed by atoms with Crippen molar-refractivity contribution < 1.29 is 4.79 Å². The first kappa shape index (κ1) is 11.8. The Morgan fingerprint density at radius 3 is 2.94 bits per heavy atom. The molecule has 0 saturated heterocycles. The van der Waals surface area contributed by atoms with E-state index in [-0.39, 0.29) is 5.91 Å². The normalized spacial score (nSPS) is 14.8. The minimum atomic E-state index is -0.109. The van der Waals surface area contributed by atoms with Crippen molar-refractivity contribution >= 4 is 11.9 Å². The van der Waals surface area contributed by atoms with Crippen LogP contribution in [0, 0.1) is 5.92 Å². The summed E-state index contributed by atoms with van der Waals surface area (Å²) >= 11 is 0. The molecule has 0 spiro atoms. The maximum Gasteiger partial charge on any atom is 0.270 e. The van der Waals surface area contributed by atoms with E-state index in [0.717, 1.165) is 19.4 Å². The summed E-state index contributed by atoms with van der Waals surface area (Å²) in [6.07, 6.45) is 3.77. The third kappa shape index (κ3) is 3.69. The van der Waals surface area contributed by atoms with Crippen molar-refractivity contribution in [3.05, 3.63) is 18.0 Å². The van der Waals surface area contributed by atoms with E-state index >= 15 is 0 Å². The van der Waals surface area contributed by atoms with Crippen molar-refractivity contribution in [3.63, 3.8) is 0 Å². The molecule has 5 nitrogen and oxygen atoms in total. The van der Waals surface area contributed by atoms with Crippen LogP contribution in [0.4, 0.5) is 5.95 Å². The Morgan fingerprint density at radius 1 is 1.53 bits per heavy atom. The van der Waals surface area contributed by atoms with Gasteiger partial charge in [0.05, 0.1) is 0 Å². The van der Waals surface area contributed by atoms with Crippen molar-refractivity contribution in [1.29, 1.82) is 0 Å². The van der Waals surface area contributed by atoms with E-state index in [1.165, 1.54) is 0 Å². The lowest BCUT2D eigenvalue weighted by Crippen LogP contribution is -2.26. The quantitative estimate of drug-likeness (QED) is 0.809. The van der Waals surface area contributed by atoms with E-state index in [9.17, 15) is 4.79 Å². The number of carbonyl (C=O) groups excluding carboxylic acids is 1. The first-order valence-electron chi connectivity index (χ1n) is 6.03. The van der Waals surface area contributed by atoms with Gasteiger partial charge in [0.25, 0.3) is 5.91 Å². The van der Waals surface area contributed by atoms with E-state index in [4.69, 9.17) is 0 Å². The largest absolute Gasteiger partial charge is 0.354 e. The van der Waals surface area contributed by atoms with E-state index in [0.29, 0.717) is 23.6 Å². The van der Waals surface area contributed by atoms with Crippen molar-refractivity contribution in [2.24, 2.45) is 5.92 Å². The first-order chi connectivity index (χ1) is 8.15. The molecule has 0 unspecified atom stereocenters. The summed E-state index contributed by atoms with van der Waals surface area (Å²) in [6.45, 7) is 5.01. The third-order valence-corrected chi connectivity index (χ3v) is 2.47. The van der Waals surface area contributed by atoms with Crippen molar-refractivity contribution in [3.8, 4) is 0 Å². The Hall–Kier alpha value is -1.65. The van der Waals surface area contributed by atoms with Gasteiger partial charge < -0.3 is 10.6 Å². The molecule has 1 aliphatic rings. The molecule has 17 heavy (non-hydrogen) atoms. The molecule has 0 aliphatic heterocycles. The number of carbonyl (C=O) groups is 1. The molecule has 1 saturated carbocycles. The fraction of sp³-hybridized carbons (Fsp3) is 0.583. The van der Waals surface area contributed by atoms with Crippen LogP contribution in [0.15, 0.2) is 12.3 Å². The zero-order chi connectivity index (χ0) is 12.3. The van der Waals surface area contributed by atoms with Crippen LogP contribution in [-0.2, 0) is 0 Å². The highest BCUT2D eigenvalue weighted by Gasteiger charge is 2.24. The zero-order valence-electron chi connectivity index (χ0n) is 10.2. The molecule has 2 rings (SSSR count). The number of hydrogen-bond donors (Lipinski definition) is 2. The first-order valence-corrected chi connectivity index (χ1v) is 6.03. The van der Waals surface area contributed by atoms with Gasteiger partial charge in [0.15, 0.2) is 0 Å². The monoisotopic (exact) mass is 234 g/mol. The molecule has 1 heterocycles. The molecule has 0 bridgehead atoms. The average molecular weight is 234 g/mol. The van der Waals surface area contributed by atoms with E-state index in [2.05, 4.69) is 34.4 Å². The number of nitrogens with zero attached hydrogens (tertiary/aromatic N) is 2. The predicted octanol–water partition coefficient (Wildman–Crippen LogP) is 1.44. The maximum atomic E-state index is 11.8. The average Bonchev–Trinajstić information content (AvgIpc) is 3.10. The molecular weight excluding hydrogens is 216 g/mol. The fourth-order valence-corrected chi connectivity index (χ4v) is 1.35. The van der Waals surface area contributed by atoms with E-state index in [1.807, 2.05) is 0 Å². The number of amides is 1. The molecule has 92 valence electrons. The van der Waals surface area contributed by atoms with E-state index in [1.54, 1.807) is 12.3 Å². The number of nitrogens with one attached hydrogen (secondary N) is 2. The zero-order valence-corrected chi connectivity index (χ0v) is 10.2. The second-order valence-corrected chi connectivity index (χ2v) is 4.79. The molecule has 1 amide bonds. The summed E-state index contributed by atoms with van der Waals surface area (Å²) in [5.74, 6) is 0.923. The summed E-state index contributed by atoms with van der Waals surface area (Å²) in [6, 6.07) is 1.99. The summed E-state index contributed by atoms with van der Waals surface area (Å²) in [5.41, 5.74) is 0.429. The van der Waals surface area contributed by atoms with Gasteiger partial charge in [-0.3, -0.25) is 4.79 Å². The predicted molar refractivity (Wildman–Crippen MR) is 65.8 cm³/mol. The van der Waals surface area contributed by atoms with Gasteiger partial charge in [-0.2, -0.15) is 0 Å². The van der Waals surface area contributed by atoms with Crippen LogP contribution < -0.4 is 10.6 Å². The van der Waals surface area contributed by atoms with Crippen LogP contribution in [0.1, 0.15) is 37.2 Å². The van der Waals surface area contributed by atoms with Gasteiger partial charge in [0.1, 0.15) is 5.69 Å². The SMILES string of the molecule is CC(C)CNc1nccc(C(=O)NC2CC2)n1. The van der Waals surface area contributed by atoms with Crippen LogP contribution in [0.25, 0.3) is 0 Å². The molecule has 0 radical (unpaired) electrons. The maximum absolute atomic E-state index is 11.8. The van der Waals surface area contributed by atoms with Gasteiger partial charge in [-0.05, 0) is 24.8 Å². The number of rotatable bonds is 5. The highest BCUT2D eigenvalue weighted by atomic mass is 16.2.